The summed E-state index contributed by atoms with van der Waals surface area (Å²) in [5, 5.41) is 0. The van der Waals surface area contributed by atoms with Gasteiger partial charge in [-0.05, 0) is 6.92 Å². The van der Waals surface area contributed by atoms with Gasteiger partial charge in [0.05, 0.1) is 6.61 Å². The highest BCUT2D eigenvalue weighted by Crippen LogP contribution is 2.05. The fourth-order valence-corrected chi connectivity index (χ4v) is 0.691. The minimum absolute atomic E-state index is 0.489. The van der Waals surface area contributed by atoms with Gasteiger partial charge >= 0.3 is 0 Å². The maximum absolute atomic E-state index is 5.53. The van der Waals surface area contributed by atoms with Crippen LogP contribution in [0.4, 0.5) is 5.82 Å². The second-order valence-electron chi connectivity index (χ2n) is 2.07. The summed E-state index contributed by atoms with van der Waals surface area (Å²) in [5.74, 6) is 0.494. The number of rotatable bonds is 3. The van der Waals surface area contributed by atoms with Crippen LogP contribution in [-0.4, -0.2) is 16.6 Å². The Morgan fingerprint density at radius 3 is 3.09 bits per heavy atom. The Kier molecular flexibility index (Phi) is 2.80. The quantitative estimate of drug-likeness (QED) is 0.690. The van der Waals surface area contributed by atoms with Crippen LogP contribution in [0.2, 0.25) is 0 Å². The summed E-state index contributed by atoms with van der Waals surface area (Å²) < 4.78 is 5.14. The van der Waals surface area contributed by atoms with E-state index in [0.29, 0.717) is 19.0 Å². The first-order valence-electron chi connectivity index (χ1n) is 3.46. The summed E-state index contributed by atoms with van der Waals surface area (Å²) in [5.41, 5.74) is 6.37. The molecule has 0 atom stereocenters. The molecule has 0 saturated carbocycles. The highest BCUT2D eigenvalue weighted by atomic mass is 16.5. The molecule has 11 heavy (non-hydrogen) atoms. The van der Waals surface area contributed by atoms with E-state index in [-0.39, 0.29) is 0 Å². The van der Waals surface area contributed by atoms with Crippen molar-refractivity contribution in [1.82, 2.24) is 9.97 Å². The van der Waals surface area contributed by atoms with Crippen molar-refractivity contribution in [2.75, 3.05) is 12.3 Å². The van der Waals surface area contributed by atoms with E-state index < -0.39 is 0 Å². The number of ether oxygens (including phenoxy) is 1. The predicted octanol–water partition coefficient (Wildman–Crippen LogP) is 0.595. The van der Waals surface area contributed by atoms with Gasteiger partial charge < -0.3 is 10.5 Å². The van der Waals surface area contributed by atoms with Gasteiger partial charge in [0.1, 0.15) is 12.1 Å². The molecular weight excluding hydrogens is 142 g/mol. The van der Waals surface area contributed by atoms with Crippen molar-refractivity contribution in [3.8, 4) is 0 Å². The summed E-state index contributed by atoms with van der Waals surface area (Å²) >= 11 is 0. The average Bonchev–Trinajstić information content (AvgIpc) is 2.03. The molecule has 0 radical (unpaired) electrons. The highest BCUT2D eigenvalue weighted by Gasteiger charge is 1.97. The Morgan fingerprint density at radius 1 is 1.64 bits per heavy atom. The largest absolute Gasteiger partial charge is 0.383 e. The zero-order chi connectivity index (χ0) is 8.10. The van der Waals surface area contributed by atoms with Gasteiger partial charge in [-0.15, -0.1) is 0 Å². The van der Waals surface area contributed by atoms with Crippen LogP contribution in [-0.2, 0) is 11.3 Å². The normalized spacial score (nSPS) is 9.91. The lowest BCUT2D eigenvalue weighted by Crippen LogP contribution is -2.00. The van der Waals surface area contributed by atoms with Gasteiger partial charge in [0.2, 0.25) is 0 Å². The van der Waals surface area contributed by atoms with E-state index in [1.165, 1.54) is 6.33 Å². The maximum atomic E-state index is 5.53. The number of anilines is 1. The molecule has 4 heteroatoms. The molecule has 0 fully saturated rings. The summed E-state index contributed by atoms with van der Waals surface area (Å²) in [6.45, 7) is 3.09. The molecule has 1 rings (SSSR count). The first kappa shape index (κ1) is 7.94. The maximum Gasteiger partial charge on any atom is 0.132 e. The summed E-state index contributed by atoms with van der Waals surface area (Å²) in [4.78, 5) is 7.65. The Balaban J connectivity index is 2.62. The Hall–Kier alpha value is -1.16. The van der Waals surface area contributed by atoms with Crippen LogP contribution < -0.4 is 5.73 Å². The lowest BCUT2D eigenvalue weighted by molar-refractivity contribution is 0.134. The Labute approximate surface area is 65.4 Å². The molecule has 1 aromatic heterocycles. The van der Waals surface area contributed by atoms with Crippen LogP contribution in [0.1, 0.15) is 12.5 Å². The van der Waals surface area contributed by atoms with Crippen LogP contribution in [0.3, 0.4) is 0 Å². The van der Waals surface area contributed by atoms with E-state index in [9.17, 15) is 0 Å². The highest BCUT2D eigenvalue weighted by molar-refractivity contribution is 5.35. The number of nitrogens with two attached hydrogens (primary N) is 1. The second kappa shape index (κ2) is 3.88. The van der Waals surface area contributed by atoms with Gasteiger partial charge in [-0.25, -0.2) is 9.97 Å². The van der Waals surface area contributed by atoms with Crippen molar-refractivity contribution in [2.45, 2.75) is 13.5 Å². The SMILES string of the molecule is CCOCc1cncnc1N. The van der Waals surface area contributed by atoms with Gasteiger partial charge in [-0.1, -0.05) is 0 Å². The van der Waals surface area contributed by atoms with Crippen molar-refractivity contribution in [1.29, 1.82) is 0 Å². The van der Waals surface area contributed by atoms with Gasteiger partial charge in [0, 0.05) is 18.4 Å². The molecule has 60 valence electrons. The average molecular weight is 153 g/mol. The molecule has 0 aromatic carbocycles. The van der Waals surface area contributed by atoms with Crippen molar-refractivity contribution in [3.05, 3.63) is 18.1 Å². The van der Waals surface area contributed by atoms with E-state index in [1.807, 2.05) is 6.92 Å². The molecule has 0 aliphatic rings. The van der Waals surface area contributed by atoms with Gasteiger partial charge in [0.25, 0.3) is 0 Å². The predicted molar refractivity (Wildman–Crippen MR) is 41.8 cm³/mol. The second-order valence-corrected chi connectivity index (χ2v) is 2.07. The van der Waals surface area contributed by atoms with Crippen molar-refractivity contribution >= 4 is 5.82 Å². The van der Waals surface area contributed by atoms with Crippen molar-refractivity contribution in [3.63, 3.8) is 0 Å². The zero-order valence-corrected chi connectivity index (χ0v) is 6.45. The molecule has 0 amide bonds. The summed E-state index contributed by atoms with van der Waals surface area (Å²) in [7, 11) is 0. The van der Waals surface area contributed by atoms with E-state index >= 15 is 0 Å². The third-order valence-corrected chi connectivity index (χ3v) is 1.28. The standard InChI is InChI=1S/C7H11N3O/c1-2-11-4-6-3-9-5-10-7(6)8/h3,5H,2,4H2,1H3,(H2,8,9,10). The van der Waals surface area contributed by atoms with Crippen LogP contribution in [0.15, 0.2) is 12.5 Å². The molecule has 0 aliphatic heterocycles. The number of hydrogen-bond acceptors (Lipinski definition) is 4. The van der Waals surface area contributed by atoms with Crippen molar-refractivity contribution < 1.29 is 4.74 Å². The molecule has 0 bridgehead atoms. The number of nitrogen functional groups attached to an aromatic ring is 1. The fraction of sp³-hybridized carbons (Fsp3) is 0.429. The van der Waals surface area contributed by atoms with Gasteiger partial charge in [-0.2, -0.15) is 0 Å². The molecular formula is C7H11N3O. The minimum atomic E-state index is 0.489. The molecule has 0 aliphatic carbocycles. The smallest absolute Gasteiger partial charge is 0.132 e. The molecule has 2 N–H and O–H groups in total. The lowest BCUT2D eigenvalue weighted by atomic mass is 10.3. The monoisotopic (exact) mass is 153 g/mol. The third kappa shape index (κ3) is 2.16. The molecule has 4 nitrogen and oxygen atoms in total. The van der Waals surface area contributed by atoms with Crippen LogP contribution in [0.5, 0.6) is 0 Å². The first-order valence-corrected chi connectivity index (χ1v) is 3.46. The van der Waals surface area contributed by atoms with E-state index in [0.717, 1.165) is 5.56 Å². The molecule has 0 saturated heterocycles. The summed E-state index contributed by atoms with van der Waals surface area (Å²) in [6, 6.07) is 0. The number of hydrogen-bond donors (Lipinski definition) is 1. The van der Waals surface area contributed by atoms with Gasteiger partial charge in [-0.3, -0.25) is 0 Å². The van der Waals surface area contributed by atoms with Crippen LogP contribution in [0, 0.1) is 0 Å². The van der Waals surface area contributed by atoms with E-state index in [1.54, 1.807) is 6.20 Å². The third-order valence-electron chi connectivity index (χ3n) is 1.28. The van der Waals surface area contributed by atoms with Gasteiger partial charge in [0.15, 0.2) is 0 Å². The lowest BCUT2D eigenvalue weighted by Gasteiger charge is -2.01. The summed E-state index contributed by atoms with van der Waals surface area (Å²) in [6.07, 6.45) is 3.09. The fourth-order valence-electron chi connectivity index (χ4n) is 0.691. The van der Waals surface area contributed by atoms with E-state index in [4.69, 9.17) is 10.5 Å². The molecule has 0 unspecified atom stereocenters. The Bertz CT molecular complexity index is 227. The van der Waals surface area contributed by atoms with Crippen LogP contribution >= 0.6 is 0 Å². The minimum Gasteiger partial charge on any atom is -0.383 e. The number of nitrogens with zero attached hydrogens (tertiary/aromatic N) is 2. The molecule has 0 spiro atoms. The Morgan fingerprint density at radius 2 is 2.45 bits per heavy atom. The number of aromatic nitrogens is 2. The zero-order valence-electron chi connectivity index (χ0n) is 6.45. The molecule has 1 heterocycles. The topological polar surface area (TPSA) is 61.0 Å². The first-order chi connectivity index (χ1) is 5.34. The van der Waals surface area contributed by atoms with E-state index in [2.05, 4.69) is 9.97 Å². The van der Waals surface area contributed by atoms with Crippen molar-refractivity contribution in [2.24, 2.45) is 0 Å². The molecule has 1 aromatic rings. The van der Waals surface area contributed by atoms with Crippen LogP contribution in [0.25, 0.3) is 0 Å².